The summed E-state index contributed by atoms with van der Waals surface area (Å²) < 4.78 is 37.4. The first kappa shape index (κ1) is 15.0. The largest absolute Gasteiger partial charge is 0.416 e. The fourth-order valence-corrected chi connectivity index (χ4v) is 1.39. The summed E-state index contributed by atoms with van der Waals surface area (Å²) in [6, 6.07) is 3.45. The van der Waals surface area contributed by atoms with Gasteiger partial charge in [0.05, 0.1) is 5.56 Å². The van der Waals surface area contributed by atoms with Crippen molar-refractivity contribution in [2.75, 3.05) is 5.32 Å². The van der Waals surface area contributed by atoms with E-state index in [1.807, 2.05) is 0 Å². The maximum atomic E-state index is 12.5. The van der Waals surface area contributed by atoms with E-state index >= 15 is 0 Å². The maximum Gasteiger partial charge on any atom is 0.416 e. The summed E-state index contributed by atoms with van der Waals surface area (Å²) in [5.41, 5.74) is -0.825. The summed E-state index contributed by atoms with van der Waals surface area (Å²) in [6.07, 6.45) is -4.47. The lowest BCUT2D eigenvalue weighted by Crippen LogP contribution is -2.40. The number of benzene rings is 1. The molecular formula is C12H13F3N2O2. The maximum absolute atomic E-state index is 12.5. The molecule has 7 heteroatoms. The van der Waals surface area contributed by atoms with Gasteiger partial charge in [-0.25, -0.2) is 0 Å². The Kier molecular flexibility index (Phi) is 4.52. The predicted octanol–water partition coefficient (Wildman–Crippen LogP) is 2.17. The van der Waals surface area contributed by atoms with Crippen molar-refractivity contribution < 1.29 is 22.8 Å². The SMILES string of the molecule is CC(=O)NC(C)C(=O)Nc1cccc(C(F)(F)F)c1. The molecule has 0 bridgehead atoms. The van der Waals surface area contributed by atoms with Crippen LogP contribution in [0.3, 0.4) is 0 Å². The molecule has 0 saturated carbocycles. The zero-order chi connectivity index (χ0) is 14.6. The number of amides is 2. The van der Waals surface area contributed by atoms with E-state index in [9.17, 15) is 22.8 Å². The van der Waals surface area contributed by atoms with Gasteiger partial charge in [-0.2, -0.15) is 13.2 Å². The van der Waals surface area contributed by atoms with Crippen molar-refractivity contribution in [3.8, 4) is 0 Å². The summed E-state index contributed by atoms with van der Waals surface area (Å²) in [6.45, 7) is 2.68. The van der Waals surface area contributed by atoms with Crippen molar-refractivity contribution in [2.24, 2.45) is 0 Å². The summed E-state index contributed by atoms with van der Waals surface area (Å²) >= 11 is 0. The summed E-state index contributed by atoms with van der Waals surface area (Å²) in [7, 11) is 0. The number of hydrogen-bond acceptors (Lipinski definition) is 2. The average Bonchev–Trinajstić information content (AvgIpc) is 2.27. The second kappa shape index (κ2) is 5.73. The molecule has 4 nitrogen and oxygen atoms in total. The number of hydrogen-bond donors (Lipinski definition) is 2. The van der Waals surface area contributed by atoms with Crippen molar-refractivity contribution in [3.05, 3.63) is 29.8 Å². The molecule has 1 rings (SSSR count). The molecule has 0 aromatic heterocycles. The summed E-state index contributed by atoms with van der Waals surface area (Å²) in [4.78, 5) is 22.4. The molecule has 1 aromatic rings. The molecule has 0 spiro atoms. The first-order valence-electron chi connectivity index (χ1n) is 5.45. The molecule has 0 saturated heterocycles. The van der Waals surface area contributed by atoms with Gasteiger partial charge in [0.15, 0.2) is 0 Å². The Morgan fingerprint density at radius 2 is 1.89 bits per heavy atom. The average molecular weight is 274 g/mol. The monoisotopic (exact) mass is 274 g/mol. The normalized spacial score (nSPS) is 12.7. The minimum absolute atomic E-state index is 0.0250. The fourth-order valence-electron chi connectivity index (χ4n) is 1.39. The van der Waals surface area contributed by atoms with Gasteiger partial charge in [-0.15, -0.1) is 0 Å². The molecule has 1 aromatic carbocycles. The van der Waals surface area contributed by atoms with Crippen LogP contribution in [0.15, 0.2) is 24.3 Å². The van der Waals surface area contributed by atoms with Crippen molar-refractivity contribution in [1.82, 2.24) is 5.32 Å². The third kappa shape index (κ3) is 4.61. The van der Waals surface area contributed by atoms with Crippen LogP contribution in [0.25, 0.3) is 0 Å². The topological polar surface area (TPSA) is 58.2 Å². The molecular weight excluding hydrogens is 261 g/mol. The minimum Gasteiger partial charge on any atom is -0.345 e. The highest BCUT2D eigenvalue weighted by Gasteiger charge is 2.30. The number of halogens is 3. The van der Waals surface area contributed by atoms with Crippen LogP contribution in [-0.2, 0) is 15.8 Å². The smallest absolute Gasteiger partial charge is 0.345 e. The molecule has 19 heavy (non-hydrogen) atoms. The third-order valence-corrected chi connectivity index (χ3v) is 2.27. The molecule has 0 aliphatic rings. The lowest BCUT2D eigenvalue weighted by molar-refractivity contribution is -0.137. The van der Waals surface area contributed by atoms with Gasteiger partial charge in [0.2, 0.25) is 11.8 Å². The molecule has 0 radical (unpaired) electrons. The van der Waals surface area contributed by atoms with E-state index in [0.29, 0.717) is 0 Å². The number of nitrogens with one attached hydrogen (secondary N) is 2. The van der Waals surface area contributed by atoms with Crippen LogP contribution in [0.4, 0.5) is 18.9 Å². The molecule has 0 aliphatic heterocycles. The van der Waals surface area contributed by atoms with Gasteiger partial charge in [0.25, 0.3) is 0 Å². The van der Waals surface area contributed by atoms with Gasteiger partial charge in [-0.1, -0.05) is 6.07 Å². The standard InChI is InChI=1S/C12H13F3N2O2/c1-7(16-8(2)18)11(19)17-10-5-3-4-9(6-10)12(13,14)15/h3-7H,1-2H3,(H,16,18)(H,17,19). The number of carbonyl (C=O) groups excluding carboxylic acids is 2. The van der Waals surface area contributed by atoms with Gasteiger partial charge >= 0.3 is 6.18 Å². The quantitative estimate of drug-likeness (QED) is 0.887. The van der Waals surface area contributed by atoms with Crippen molar-refractivity contribution in [2.45, 2.75) is 26.1 Å². The van der Waals surface area contributed by atoms with Crippen molar-refractivity contribution >= 4 is 17.5 Å². The molecule has 1 atom stereocenters. The highest BCUT2D eigenvalue weighted by atomic mass is 19.4. The van der Waals surface area contributed by atoms with Crippen molar-refractivity contribution in [1.29, 1.82) is 0 Å². The first-order valence-corrected chi connectivity index (χ1v) is 5.45. The Morgan fingerprint density at radius 3 is 2.42 bits per heavy atom. The van der Waals surface area contributed by atoms with Crippen LogP contribution in [-0.4, -0.2) is 17.9 Å². The van der Waals surface area contributed by atoms with Crippen molar-refractivity contribution in [3.63, 3.8) is 0 Å². The van der Waals surface area contributed by atoms with Gasteiger partial charge in [-0.05, 0) is 25.1 Å². The predicted molar refractivity (Wildman–Crippen MR) is 63.4 cm³/mol. The lowest BCUT2D eigenvalue weighted by Gasteiger charge is -2.14. The van der Waals surface area contributed by atoms with Crippen LogP contribution in [0.1, 0.15) is 19.4 Å². The van der Waals surface area contributed by atoms with Crippen LogP contribution >= 0.6 is 0 Å². The van der Waals surface area contributed by atoms with Gasteiger partial charge in [-0.3, -0.25) is 9.59 Å². The van der Waals surface area contributed by atoms with E-state index in [0.717, 1.165) is 12.1 Å². The van der Waals surface area contributed by atoms with E-state index < -0.39 is 29.6 Å². The first-order chi connectivity index (χ1) is 8.70. The highest BCUT2D eigenvalue weighted by molar-refractivity contribution is 5.96. The van der Waals surface area contributed by atoms with E-state index in [4.69, 9.17) is 0 Å². The van der Waals surface area contributed by atoms with E-state index in [1.165, 1.54) is 26.0 Å². The van der Waals surface area contributed by atoms with E-state index in [-0.39, 0.29) is 5.69 Å². The summed E-state index contributed by atoms with van der Waals surface area (Å²) in [5, 5.41) is 4.64. The van der Waals surface area contributed by atoms with Gasteiger partial charge in [0, 0.05) is 12.6 Å². The molecule has 0 heterocycles. The molecule has 104 valence electrons. The Hall–Kier alpha value is -2.05. The Labute approximate surface area is 108 Å². The number of alkyl halides is 3. The Balaban J connectivity index is 2.77. The van der Waals surface area contributed by atoms with Crippen LogP contribution in [0.2, 0.25) is 0 Å². The third-order valence-electron chi connectivity index (χ3n) is 2.27. The van der Waals surface area contributed by atoms with E-state index in [2.05, 4.69) is 10.6 Å². The number of rotatable bonds is 3. The zero-order valence-electron chi connectivity index (χ0n) is 10.3. The molecule has 2 amide bonds. The van der Waals surface area contributed by atoms with Gasteiger partial charge < -0.3 is 10.6 Å². The molecule has 0 aliphatic carbocycles. The summed E-state index contributed by atoms with van der Waals surface area (Å²) in [5.74, 6) is -0.985. The second-order valence-corrected chi connectivity index (χ2v) is 3.99. The van der Waals surface area contributed by atoms with Crippen LogP contribution < -0.4 is 10.6 Å². The zero-order valence-corrected chi connectivity index (χ0v) is 10.3. The molecule has 1 unspecified atom stereocenters. The number of carbonyl (C=O) groups is 2. The molecule has 0 fully saturated rings. The second-order valence-electron chi connectivity index (χ2n) is 3.99. The number of anilines is 1. The minimum atomic E-state index is -4.47. The Morgan fingerprint density at radius 1 is 1.26 bits per heavy atom. The highest BCUT2D eigenvalue weighted by Crippen LogP contribution is 2.30. The van der Waals surface area contributed by atoms with Crippen LogP contribution in [0, 0.1) is 0 Å². The van der Waals surface area contributed by atoms with Crippen LogP contribution in [0.5, 0.6) is 0 Å². The Bertz CT molecular complexity index is 486. The fraction of sp³-hybridized carbons (Fsp3) is 0.333. The van der Waals surface area contributed by atoms with E-state index in [1.54, 1.807) is 0 Å². The lowest BCUT2D eigenvalue weighted by atomic mass is 10.2. The van der Waals surface area contributed by atoms with Gasteiger partial charge in [0.1, 0.15) is 6.04 Å². The molecule has 2 N–H and O–H groups in total.